The molecule has 9 heteroatoms. The third kappa shape index (κ3) is 6.49. The molecular weight excluding hydrogens is 492 g/mol. The molecule has 3 aromatic rings. The fraction of sp³-hybridized carbons (Fsp3) is 0.536. The van der Waals surface area contributed by atoms with Crippen LogP contribution in [0, 0.1) is 26.7 Å². The predicted octanol–water partition coefficient (Wildman–Crippen LogP) is 5.08. The Labute approximate surface area is 223 Å². The van der Waals surface area contributed by atoms with Gasteiger partial charge in [0, 0.05) is 17.8 Å². The van der Waals surface area contributed by atoms with Crippen LogP contribution < -0.4 is 10.1 Å². The summed E-state index contributed by atoms with van der Waals surface area (Å²) in [5.74, 6) is 2.28. The zero-order valence-corrected chi connectivity index (χ0v) is 23.2. The molecular formula is C28H37ClN4O4. The van der Waals surface area contributed by atoms with Crippen LogP contribution >= 0.6 is 11.6 Å². The Bertz CT molecular complexity index is 1200. The van der Waals surface area contributed by atoms with E-state index in [-0.39, 0.29) is 18.8 Å². The summed E-state index contributed by atoms with van der Waals surface area (Å²) in [5.41, 5.74) is 5.14. The number of rotatable bonds is 9. The van der Waals surface area contributed by atoms with Crippen molar-refractivity contribution < 1.29 is 19.1 Å². The Morgan fingerprint density at radius 2 is 1.89 bits per heavy atom. The van der Waals surface area contributed by atoms with Crippen molar-refractivity contribution in [2.24, 2.45) is 5.92 Å². The number of aryl methyl sites for hydroxylation is 2. The first-order valence-corrected chi connectivity index (χ1v) is 13.3. The summed E-state index contributed by atoms with van der Waals surface area (Å²) in [6.07, 6.45) is 2.62. The molecule has 1 fully saturated rings. The molecule has 4 atom stereocenters. The molecule has 1 unspecified atom stereocenters. The minimum absolute atomic E-state index is 0.159. The summed E-state index contributed by atoms with van der Waals surface area (Å²) in [6, 6.07) is 5.39. The normalized spacial score (nSPS) is 20.7. The Balaban J connectivity index is 1.76. The van der Waals surface area contributed by atoms with Crippen molar-refractivity contribution in [3.05, 3.63) is 45.9 Å². The lowest BCUT2D eigenvalue weighted by Gasteiger charge is -2.32. The molecule has 0 bridgehead atoms. The van der Waals surface area contributed by atoms with Crippen LogP contribution in [0.25, 0.3) is 22.6 Å². The fourth-order valence-corrected chi connectivity index (χ4v) is 5.38. The lowest BCUT2D eigenvalue weighted by molar-refractivity contribution is -0.0519. The lowest BCUT2D eigenvalue weighted by atomic mass is 9.87. The standard InChI is InChI=1S/C28H37ClN4O4/c1-15-9-20(10-16(2)36-15)11-25-17(3)27(26-18(4)33-37-19(26)5)32-28(31-25)23-12-22(7-8-24(23)29)35-14-21(34)13-30-6/h7-8,12,15-16,20-21,30,34H,9-11,13-14H2,1-6H3/t15-,16+,20?,21-/m1/s1. The van der Waals surface area contributed by atoms with Crippen molar-refractivity contribution in [2.45, 2.75) is 72.2 Å². The van der Waals surface area contributed by atoms with Gasteiger partial charge in [0.25, 0.3) is 0 Å². The molecule has 1 aromatic carbocycles. The first-order chi connectivity index (χ1) is 17.7. The zero-order chi connectivity index (χ0) is 26.7. The van der Waals surface area contributed by atoms with E-state index in [2.05, 4.69) is 31.2 Å². The molecule has 0 aliphatic carbocycles. The highest BCUT2D eigenvalue weighted by Crippen LogP contribution is 2.36. The second-order valence-corrected chi connectivity index (χ2v) is 10.5. The van der Waals surface area contributed by atoms with Crippen molar-refractivity contribution in [3.8, 4) is 28.4 Å². The smallest absolute Gasteiger partial charge is 0.161 e. The topological polar surface area (TPSA) is 103 Å². The van der Waals surface area contributed by atoms with Gasteiger partial charge in [-0.2, -0.15) is 0 Å². The molecule has 2 N–H and O–H groups in total. The van der Waals surface area contributed by atoms with Crippen molar-refractivity contribution in [1.82, 2.24) is 20.4 Å². The van der Waals surface area contributed by atoms with Gasteiger partial charge in [0.15, 0.2) is 5.82 Å². The summed E-state index contributed by atoms with van der Waals surface area (Å²) >= 11 is 6.66. The van der Waals surface area contributed by atoms with Gasteiger partial charge in [-0.25, -0.2) is 9.97 Å². The van der Waals surface area contributed by atoms with Gasteiger partial charge in [0.1, 0.15) is 24.2 Å². The number of ether oxygens (including phenoxy) is 2. The van der Waals surface area contributed by atoms with E-state index in [1.165, 1.54) is 0 Å². The van der Waals surface area contributed by atoms with Gasteiger partial charge in [0.2, 0.25) is 0 Å². The number of aliphatic hydroxyl groups is 1. The monoisotopic (exact) mass is 528 g/mol. The van der Waals surface area contributed by atoms with Gasteiger partial charge in [-0.15, -0.1) is 0 Å². The van der Waals surface area contributed by atoms with Crippen LogP contribution in [0.1, 0.15) is 49.4 Å². The average molecular weight is 529 g/mol. The average Bonchev–Trinajstić information content (AvgIpc) is 3.17. The molecule has 0 spiro atoms. The van der Waals surface area contributed by atoms with Crippen LogP contribution in [-0.4, -0.2) is 58.7 Å². The fourth-order valence-electron chi connectivity index (χ4n) is 5.18. The minimum atomic E-state index is -0.623. The number of aromatic nitrogens is 3. The van der Waals surface area contributed by atoms with E-state index in [1.807, 2.05) is 19.9 Å². The number of likely N-dealkylation sites (N-methyl/N-ethyl adjacent to an activating group) is 1. The molecule has 0 amide bonds. The highest BCUT2D eigenvalue weighted by molar-refractivity contribution is 6.33. The van der Waals surface area contributed by atoms with Crippen LogP contribution in [-0.2, 0) is 11.2 Å². The Morgan fingerprint density at radius 3 is 2.54 bits per heavy atom. The quantitative estimate of drug-likeness (QED) is 0.396. The van der Waals surface area contributed by atoms with Gasteiger partial charge >= 0.3 is 0 Å². The molecule has 0 radical (unpaired) electrons. The molecule has 1 saturated heterocycles. The first-order valence-electron chi connectivity index (χ1n) is 12.9. The van der Waals surface area contributed by atoms with Gasteiger partial charge in [-0.1, -0.05) is 16.8 Å². The number of hydrogen-bond donors (Lipinski definition) is 2. The predicted molar refractivity (Wildman–Crippen MR) is 144 cm³/mol. The van der Waals surface area contributed by atoms with Gasteiger partial charge < -0.3 is 24.4 Å². The summed E-state index contributed by atoms with van der Waals surface area (Å²) in [5, 5.41) is 17.7. The molecule has 8 nitrogen and oxygen atoms in total. The Hall–Kier alpha value is -2.52. The highest BCUT2D eigenvalue weighted by Gasteiger charge is 2.27. The summed E-state index contributed by atoms with van der Waals surface area (Å²) in [4.78, 5) is 10.0. The van der Waals surface area contributed by atoms with E-state index in [0.717, 1.165) is 47.5 Å². The number of hydrogen-bond acceptors (Lipinski definition) is 8. The van der Waals surface area contributed by atoms with Crippen LogP contribution in [0.2, 0.25) is 5.02 Å². The first kappa shape index (κ1) is 27.5. The molecule has 0 saturated carbocycles. The van der Waals surface area contributed by atoms with Gasteiger partial charge in [0.05, 0.1) is 34.2 Å². The summed E-state index contributed by atoms with van der Waals surface area (Å²) in [7, 11) is 1.79. The Morgan fingerprint density at radius 1 is 1.16 bits per heavy atom. The van der Waals surface area contributed by atoms with Crippen LogP contribution in [0.15, 0.2) is 22.7 Å². The second kappa shape index (κ2) is 11.9. The van der Waals surface area contributed by atoms with E-state index in [9.17, 15) is 5.11 Å². The number of nitrogens with one attached hydrogen (secondary N) is 1. The van der Waals surface area contributed by atoms with E-state index in [1.54, 1.807) is 19.2 Å². The highest BCUT2D eigenvalue weighted by atomic mass is 35.5. The summed E-state index contributed by atoms with van der Waals surface area (Å²) < 4.78 is 17.3. The van der Waals surface area contributed by atoms with Gasteiger partial charge in [-0.05, 0) is 90.6 Å². The van der Waals surface area contributed by atoms with Crippen LogP contribution in [0.3, 0.4) is 0 Å². The Kier molecular flexibility index (Phi) is 8.85. The van der Waals surface area contributed by atoms with Crippen molar-refractivity contribution in [1.29, 1.82) is 0 Å². The molecule has 1 aliphatic rings. The summed E-state index contributed by atoms with van der Waals surface area (Å²) in [6.45, 7) is 10.8. The lowest BCUT2D eigenvalue weighted by Crippen LogP contribution is -2.30. The third-order valence-electron chi connectivity index (χ3n) is 6.85. The number of halogens is 1. The van der Waals surface area contributed by atoms with Crippen LogP contribution in [0.5, 0.6) is 5.75 Å². The molecule has 200 valence electrons. The number of nitrogens with zero attached hydrogens (tertiary/aromatic N) is 3. The largest absolute Gasteiger partial charge is 0.491 e. The molecule has 3 heterocycles. The van der Waals surface area contributed by atoms with Crippen molar-refractivity contribution >= 4 is 11.6 Å². The molecule has 4 rings (SSSR count). The molecule has 2 aromatic heterocycles. The maximum Gasteiger partial charge on any atom is 0.161 e. The van der Waals surface area contributed by atoms with Crippen molar-refractivity contribution in [2.75, 3.05) is 20.2 Å². The van der Waals surface area contributed by atoms with E-state index in [0.29, 0.717) is 40.4 Å². The van der Waals surface area contributed by atoms with E-state index < -0.39 is 6.10 Å². The van der Waals surface area contributed by atoms with E-state index in [4.69, 9.17) is 35.6 Å². The second-order valence-electron chi connectivity index (χ2n) is 10.1. The maximum atomic E-state index is 10.0. The number of aliphatic hydroxyl groups excluding tert-OH is 1. The van der Waals surface area contributed by atoms with Crippen LogP contribution in [0.4, 0.5) is 0 Å². The number of benzene rings is 1. The third-order valence-corrected chi connectivity index (χ3v) is 7.18. The maximum absolute atomic E-state index is 10.0. The van der Waals surface area contributed by atoms with E-state index >= 15 is 0 Å². The SMILES string of the molecule is CNC[C@@H](O)COc1ccc(Cl)c(-c2nc(CC3C[C@@H](C)O[C@@H](C)C3)c(C)c(-c3c(C)noc3C)n2)c1. The zero-order valence-electron chi connectivity index (χ0n) is 22.5. The van der Waals surface area contributed by atoms with Crippen molar-refractivity contribution in [3.63, 3.8) is 0 Å². The molecule has 1 aliphatic heterocycles. The molecule has 37 heavy (non-hydrogen) atoms. The van der Waals surface area contributed by atoms with Gasteiger partial charge in [-0.3, -0.25) is 0 Å². The minimum Gasteiger partial charge on any atom is -0.491 e.